The third kappa shape index (κ3) is 1.45. The van der Waals surface area contributed by atoms with Crippen LogP contribution < -0.4 is 0 Å². The van der Waals surface area contributed by atoms with Gasteiger partial charge in [0.05, 0.1) is 29.2 Å². The summed E-state index contributed by atoms with van der Waals surface area (Å²) < 4.78 is 1.91. The predicted octanol–water partition coefficient (Wildman–Crippen LogP) is 2.58. The van der Waals surface area contributed by atoms with E-state index >= 15 is 0 Å². The van der Waals surface area contributed by atoms with Crippen LogP contribution in [0.1, 0.15) is 31.0 Å². The third-order valence-electron chi connectivity index (χ3n) is 4.58. The summed E-state index contributed by atoms with van der Waals surface area (Å²) in [6.07, 6.45) is 9.92. The number of ketones is 1. The van der Waals surface area contributed by atoms with Gasteiger partial charge in [0.15, 0.2) is 0 Å². The maximum Gasteiger partial charge on any atom is 0.143 e. The fourth-order valence-electron chi connectivity index (χ4n) is 3.34. The average Bonchev–Trinajstić information content (AvgIpc) is 2.99. The topological polar surface area (TPSA) is 47.8 Å². The molecule has 0 aliphatic heterocycles. The van der Waals surface area contributed by atoms with E-state index in [0.717, 1.165) is 29.8 Å². The molecule has 2 heterocycles. The third-order valence-corrected chi connectivity index (χ3v) is 4.58. The van der Waals surface area contributed by atoms with E-state index in [4.69, 9.17) is 0 Å². The molecule has 1 atom stereocenters. The van der Waals surface area contributed by atoms with Gasteiger partial charge in [-0.1, -0.05) is 5.57 Å². The number of fused-ring (bicyclic) bond motifs is 2. The van der Waals surface area contributed by atoms with Crippen LogP contribution in [0.2, 0.25) is 0 Å². The quantitative estimate of drug-likeness (QED) is 0.796. The van der Waals surface area contributed by atoms with Crippen molar-refractivity contribution < 1.29 is 4.79 Å². The average molecular weight is 265 g/mol. The number of pyridine rings is 1. The normalized spacial score (nSPS) is 24.2. The molecule has 0 aromatic carbocycles. The lowest BCUT2D eigenvalue weighted by Gasteiger charge is -2.28. The van der Waals surface area contributed by atoms with Crippen molar-refractivity contribution in [1.82, 2.24) is 14.8 Å². The molecule has 0 amide bonds. The number of hydrogen-bond donors (Lipinski definition) is 0. The van der Waals surface area contributed by atoms with E-state index in [2.05, 4.69) is 23.1 Å². The van der Waals surface area contributed by atoms with E-state index in [9.17, 15) is 4.79 Å². The molecular weight excluding hydrogens is 250 g/mol. The van der Waals surface area contributed by atoms with Crippen LogP contribution in [0.25, 0.3) is 11.8 Å². The Hall–Kier alpha value is -2.23. The minimum Gasteiger partial charge on any atom is -0.299 e. The van der Waals surface area contributed by atoms with Crippen molar-refractivity contribution in [3.8, 4) is 5.69 Å². The van der Waals surface area contributed by atoms with Crippen molar-refractivity contribution in [3.63, 3.8) is 0 Å². The second-order valence-corrected chi connectivity index (χ2v) is 5.78. The second-order valence-electron chi connectivity index (χ2n) is 5.78. The fraction of sp³-hybridized carbons (Fsp3) is 0.312. The molecule has 20 heavy (non-hydrogen) atoms. The largest absolute Gasteiger partial charge is 0.299 e. The van der Waals surface area contributed by atoms with Gasteiger partial charge in [0.1, 0.15) is 5.78 Å². The van der Waals surface area contributed by atoms with Gasteiger partial charge in [-0.15, -0.1) is 0 Å². The van der Waals surface area contributed by atoms with Crippen molar-refractivity contribution in [1.29, 1.82) is 0 Å². The molecule has 1 fully saturated rings. The van der Waals surface area contributed by atoms with E-state index in [0.29, 0.717) is 12.2 Å². The fourth-order valence-corrected chi connectivity index (χ4v) is 3.34. The molecule has 4 heteroatoms. The number of rotatable bonds is 1. The highest BCUT2D eigenvalue weighted by atomic mass is 16.1. The molecule has 2 aromatic rings. The van der Waals surface area contributed by atoms with Gasteiger partial charge >= 0.3 is 0 Å². The van der Waals surface area contributed by atoms with Crippen LogP contribution in [-0.4, -0.2) is 20.5 Å². The van der Waals surface area contributed by atoms with E-state index < -0.39 is 0 Å². The molecular formula is C16H15N3O. The maximum atomic E-state index is 12.1. The lowest BCUT2D eigenvalue weighted by Crippen LogP contribution is -2.28. The minimum absolute atomic E-state index is 0.296. The van der Waals surface area contributed by atoms with Crippen molar-refractivity contribution in [2.75, 3.05) is 0 Å². The predicted molar refractivity (Wildman–Crippen MR) is 75.4 cm³/mol. The molecule has 100 valence electrons. The number of carbonyl (C=O) groups excluding carboxylic acids is 1. The molecule has 0 spiro atoms. The van der Waals surface area contributed by atoms with Crippen molar-refractivity contribution in [2.24, 2.45) is 5.41 Å². The molecule has 0 N–H and O–H groups in total. The summed E-state index contributed by atoms with van der Waals surface area (Å²) in [5.74, 6) is 0.364. The van der Waals surface area contributed by atoms with Crippen LogP contribution in [0, 0.1) is 5.41 Å². The van der Waals surface area contributed by atoms with Crippen LogP contribution in [0.4, 0.5) is 0 Å². The van der Waals surface area contributed by atoms with Gasteiger partial charge < -0.3 is 0 Å². The number of carbonyl (C=O) groups is 1. The van der Waals surface area contributed by atoms with Gasteiger partial charge in [-0.3, -0.25) is 9.78 Å². The monoisotopic (exact) mass is 265 g/mol. The van der Waals surface area contributed by atoms with Crippen LogP contribution in [-0.2, 0) is 11.2 Å². The number of aromatic nitrogens is 3. The van der Waals surface area contributed by atoms with Gasteiger partial charge in [-0.05, 0) is 43.5 Å². The first-order valence-electron chi connectivity index (χ1n) is 6.90. The van der Waals surface area contributed by atoms with Crippen molar-refractivity contribution >= 4 is 11.9 Å². The van der Waals surface area contributed by atoms with Crippen LogP contribution >= 0.6 is 0 Å². The summed E-state index contributed by atoms with van der Waals surface area (Å²) >= 11 is 0. The van der Waals surface area contributed by atoms with Crippen molar-refractivity contribution in [3.05, 3.63) is 47.6 Å². The Morgan fingerprint density at radius 1 is 1.30 bits per heavy atom. The lowest BCUT2D eigenvalue weighted by molar-refractivity contribution is -0.123. The Kier molecular flexibility index (Phi) is 2.25. The summed E-state index contributed by atoms with van der Waals surface area (Å²) in [6.45, 7) is 2.07. The maximum absolute atomic E-state index is 12.1. The van der Waals surface area contributed by atoms with E-state index in [-0.39, 0.29) is 5.41 Å². The zero-order valence-corrected chi connectivity index (χ0v) is 11.3. The highest BCUT2D eigenvalue weighted by molar-refractivity contribution is 5.94. The number of Topliss-reactive ketones (excluding diaryl/α,β-unsaturated/α-hetero) is 1. The zero-order chi connectivity index (χ0) is 13.7. The molecule has 2 aliphatic carbocycles. The Morgan fingerprint density at radius 2 is 2.20 bits per heavy atom. The smallest absolute Gasteiger partial charge is 0.143 e. The van der Waals surface area contributed by atoms with Gasteiger partial charge in [0, 0.05) is 12.6 Å². The van der Waals surface area contributed by atoms with Gasteiger partial charge in [-0.2, -0.15) is 5.10 Å². The number of nitrogens with zero attached hydrogens (tertiary/aromatic N) is 3. The van der Waals surface area contributed by atoms with E-state index in [1.165, 1.54) is 5.57 Å². The van der Waals surface area contributed by atoms with Crippen LogP contribution in [0.3, 0.4) is 0 Å². The molecule has 1 unspecified atom stereocenters. The number of hydrogen-bond acceptors (Lipinski definition) is 3. The standard InChI is InChI=1S/C16H15N3O/c1-16-8-11-9-18-19(13-3-2-6-17-10-13)14(11)7-12(16)4-5-15(16)20/h2-3,6-7,9-10H,4-5,8H2,1H3. The van der Waals surface area contributed by atoms with Crippen LogP contribution in [0.15, 0.2) is 36.3 Å². The molecule has 2 aromatic heterocycles. The second kappa shape index (κ2) is 3.88. The summed E-state index contributed by atoms with van der Waals surface area (Å²) in [5.41, 5.74) is 4.16. The first-order valence-corrected chi connectivity index (χ1v) is 6.90. The molecule has 1 saturated carbocycles. The molecule has 0 radical (unpaired) electrons. The minimum atomic E-state index is -0.296. The van der Waals surface area contributed by atoms with Gasteiger partial charge in [0.25, 0.3) is 0 Å². The van der Waals surface area contributed by atoms with Gasteiger partial charge in [0.2, 0.25) is 0 Å². The van der Waals surface area contributed by atoms with E-state index in [1.54, 1.807) is 12.4 Å². The van der Waals surface area contributed by atoms with Gasteiger partial charge in [-0.25, -0.2) is 4.68 Å². The molecule has 0 saturated heterocycles. The first kappa shape index (κ1) is 11.6. The van der Waals surface area contributed by atoms with Crippen LogP contribution in [0.5, 0.6) is 0 Å². The Labute approximate surface area is 117 Å². The first-order chi connectivity index (χ1) is 9.68. The lowest BCUT2D eigenvalue weighted by atomic mass is 9.74. The molecule has 4 nitrogen and oxygen atoms in total. The highest BCUT2D eigenvalue weighted by Gasteiger charge is 2.44. The summed E-state index contributed by atoms with van der Waals surface area (Å²) in [6, 6.07) is 3.90. The SMILES string of the molecule is CC12Cc3cnn(-c4cccnc4)c3C=C1CCC2=O. The Bertz CT molecular complexity index is 729. The Morgan fingerprint density at radius 3 is 3.00 bits per heavy atom. The number of allylic oxidation sites excluding steroid dienone is 1. The Balaban J connectivity index is 1.86. The summed E-state index contributed by atoms with van der Waals surface area (Å²) in [4.78, 5) is 16.3. The zero-order valence-electron chi connectivity index (χ0n) is 11.3. The summed E-state index contributed by atoms with van der Waals surface area (Å²) in [7, 11) is 0. The van der Waals surface area contributed by atoms with Crippen molar-refractivity contribution in [2.45, 2.75) is 26.2 Å². The molecule has 2 aliphatic rings. The summed E-state index contributed by atoms with van der Waals surface area (Å²) in [5, 5.41) is 4.47. The van der Waals surface area contributed by atoms with E-state index in [1.807, 2.05) is 23.0 Å². The molecule has 4 rings (SSSR count). The highest BCUT2D eigenvalue weighted by Crippen LogP contribution is 2.47. The molecule has 0 bridgehead atoms.